The Morgan fingerprint density at radius 1 is 1.10 bits per heavy atom. The molecule has 100 valence electrons. The predicted octanol–water partition coefficient (Wildman–Crippen LogP) is 3.62. The highest BCUT2D eigenvalue weighted by atomic mass is 79.9. The summed E-state index contributed by atoms with van der Waals surface area (Å²) >= 11 is 3.51. The van der Waals surface area contributed by atoms with Crippen molar-refractivity contribution in [3.05, 3.63) is 52.8 Å². The van der Waals surface area contributed by atoms with Gasteiger partial charge in [-0.2, -0.15) is 15.3 Å². The molecule has 3 rings (SSSR count). The second-order valence-electron chi connectivity index (χ2n) is 4.59. The molecule has 20 heavy (non-hydrogen) atoms. The van der Waals surface area contributed by atoms with E-state index in [9.17, 15) is 0 Å². The number of nitrogens with zero attached hydrogens (tertiary/aromatic N) is 4. The molecule has 0 fully saturated rings. The van der Waals surface area contributed by atoms with Gasteiger partial charge in [0.25, 0.3) is 0 Å². The normalized spacial score (nSPS) is 10.8. The van der Waals surface area contributed by atoms with E-state index in [2.05, 4.69) is 50.3 Å². The van der Waals surface area contributed by atoms with E-state index in [1.807, 2.05) is 29.9 Å². The molecule has 0 atom stereocenters. The highest BCUT2D eigenvalue weighted by Crippen LogP contribution is 2.31. The first-order valence-corrected chi connectivity index (χ1v) is 7.02. The van der Waals surface area contributed by atoms with Crippen LogP contribution in [0.15, 0.2) is 47.2 Å². The second-order valence-corrected chi connectivity index (χ2v) is 5.50. The zero-order chi connectivity index (χ0) is 14.1. The summed E-state index contributed by atoms with van der Waals surface area (Å²) < 4.78 is 2.97. The van der Waals surface area contributed by atoms with E-state index in [1.54, 1.807) is 12.4 Å². The summed E-state index contributed by atoms with van der Waals surface area (Å²) in [5.41, 5.74) is 5.31. The lowest BCUT2D eigenvalue weighted by molar-refractivity contribution is 0.778. The maximum absolute atomic E-state index is 4.62. The molecule has 0 aliphatic carbocycles. The molecule has 2 aromatic heterocycles. The molecule has 0 unspecified atom stereocenters. The first kappa shape index (κ1) is 13.0. The lowest BCUT2D eigenvalue weighted by Crippen LogP contribution is -1.94. The highest BCUT2D eigenvalue weighted by Gasteiger charge is 2.15. The summed E-state index contributed by atoms with van der Waals surface area (Å²) in [6.07, 6.45) is 3.42. The first-order chi connectivity index (χ1) is 9.66. The highest BCUT2D eigenvalue weighted by molar-refractivity contribution is 9.10. The minimum Gasteiger partial charge on any atom is -0.267 e. The van der Waals surface area contributed by atoms with Crippen molar-refractivity contribution >= 4 is 15.9 Å². The molecular formula is C15H13BrN4. The van der Waals surface area contributed by atoms with Crippen LogP contribution in [0.25, 0.3) is 22.5 Å². The smallest absolute Gasteiger partial charge is 0.0975 e. The Balaban J connectivity index is 2.17. The van der Waals surface area contributed by atoms with E-state index in [1.165, 1.54) is 0 Å². The van der Waals surface area contributed by atoms with E-state index in [0.717, 1.165) is 32.6 Å². The largest absolute Gasteiger partial charge is 0.267 e. The third-order valence-corrected chi connectivity index (χ3v) is 3.73. The van der Waals surface area contributed by atoms with Crippen molar-refractivity contribution in [1.82, 2.24) is 20.0 Å². The van der Waals surface area contributed by atoms with Gasteiger partial charge in [0, 0.05) is 28.2 Å². The SMILES string of the molecule is Cc1c(-c2ccnnc2)nn(C)c1-c1cccc(Br)c1. The molecule has 0 saturated carbocycles. The lowest BCUT2D eigenvalue weighted by atomic mass is 10.0. The van der Waals surface area contributed by atoms with E-state index in [4.69, 9.17) is 0 Å². The number of rotatable bonds is 2. The van der Waals surface area contributed by atoms with Gasteiger partial charge in [0.15, 0.2) is 0 Å². The van der Waals surface area contributed by atoms with Crippen LogP contribution in [-0.2, 0) is 7.05 Å². The number of aromatic nitrogens is 4. The average molecular weight is 329 g/mol. The van der Waals surface area contributed by atoms with Gasteiger partial charge >= 0.3 is 0 Å². The summed E-state index contributed by atoms with van der Waals surface area (Å²) in [7, 11) is 1.96. The van der Waals surface area contributed by atoms with Gasteiger partial charge in [-0.05, 0) is 25.1 Å². The monoisotopic (exact) mass is 328 g/mol. The van der Waals surface area contributed by atoms with E-state index >= 15 is 0 Å². The molecule has 1 aromatic carbocycles. The van der Waals surface area contributed by atoms with Crippen LogP contribution in [0.1, 0.15) is 5.56 Å². The zero-order valence-electron chi connectivity index (χ0n) is 11.2. The molecule has 0 saturated heterocycles. The molecule has 0 aliphatic heterocycles. The van der Waals surface area contributed by atoms with Crippen molar-refractivity contribution in [1.29, 1.82) is 0 Å². The average Bonchev–Trinajstić information content (AvgIpc) is 2.75. The fourth-order valence-electron chi connectivity index (χ4n) is 2.37. The molecule has 4 nitrogen and oxygen atoms in total. The third-order valence-electron chi connectivity index (χ3n) is 3.24. The fourth-order valence-corrected chi connectivity index (χ4v) is 2.77. The molecule has 0 radical (unpaired) electrons. The topological polar surface area (TPSA) is 43.6 Å². The van der Waals surface area contributed by atoms with Gasteiger partial charge in [0.2, 0.25) is 0 Å². The van der Waals surface area contributed by atoms with Crippen LogP contribution in [0, 0.1) is 6.92 Å². The maximum Gasteiger partial charge on any atom is 0.0975 e. The van der Waals surface area contributed by atoms with Gasteiger partial charge in [-0.25, -0.2) is 0 Å². The van der Waals surface area contributed by atoms with Crippen LogP contribution in [0.5, 0.6) is 0 Å². The van der Waals surface area contributed by atoms with Crippen LogP contribution in [-0.4, -0.2) is 20.0 Å². The molecule has 3 aromatic rings. The third kappa shape index (κ3) is 2.25. The van der Waals surface area contributed by atoms with E-state index in [0.29, 0.717) is 0 Å². The van der Waals surface area contributed by atoms with Crippen molar-refractivity contribution in [2.75, 3.05) is 0 Å². The van der Waals surface area contributed by atoms with Crippen molar-refractivity contribution in [2.24, 2.45) is 7.05 Å². The Bertz CT molecular complexity index is 750. The maximum atomic E-state index is 4.62. The molecule has 0 aliphatic rings. The minimum atomic E-state index is 0.942. The van der Waals surface area contributed by atoms with Gasteiger partial charge in [0.05, 0.1) is 23.8 Å². The standard InChI is InChI=1S/C15H13BrN4/c1-10-14(12-6-7-17-18-9-12)19-20(2)15(10)11-4-3-5-13(16)8-11/h3-9H,1-2H3. The number of hydrogen-bond donors (Lipinski definition) is 0. The molecular weight excluding hydrogens is 316 g/mol. The van der Waals surface area contributed by atoms with Crippen molar-refractivity contribution < 1.29 is 0 Å². The van der Waals surface area contributed by atoms with Gasteiger partial charge in [-0.1, -0.05) is 28.1 Å². The Hall–Kier alpha value is -2.01. The number of halogens is 1. The van der Waals surface area contributed by atoms with Gasteiger partial charge in [-0.3, -0.25) is 4.68 Å². The van der Waals surface area contributed by atoms with Crippen LogP contribution in [0.4, 0.5) is 0 Å². The summed E-state index contributed by atoms with van der Waals surface area (Å²) in [6.45, 7) is 2.08. The number of hydrogen-bond acceptors (Lipinski definition) is 3. The van der Waals surface area contributed by atoms with Gasteiger partial charge in [-0.15, -0.1) is 0 Å². The summed E-state index contributed by atoms with van der Waals surface area (Å²) in [6, 6.07) is 10.2. The van der Waals surface area contributed by atoms with E-state index in [-0.39, 0.29) is 0 Å². The fraction of sp³-hybridized carbons (Fsp3) is 0.133. The minimum absolute atomic E-state index is 0.942. The summed E-state index contributed by atoms with van der Waals surface area (Å²) in [4.78, 5) is 0. The van der Waals surface area contributed by atoms with Crippen molar-refractivity contribution in [3.8, 4) is 22.5 Å². The first-order valence-electron chi connectivity index (χ1n) is 6.23. The Labute approximate surface area is 125 Å². The van der Waals surface area contributed by atoms with Crippen LogP contribution < -0.4 is 0 Å². The second kappa shape index (κ2) is 5.17. The van der Waals surface area contributed by atoms with Crippen LogP contribution in [0.3, 0.4) is 0 Å². The molecule has 0 spiro atoms. The molecule has 0 bridgehead atoms. The Morgan fingerprint density at radius 2 is 1.95 bits per heavy atom. The van der Waals surface area contributed by atoms with Crippen molar-refractivity contribution in [3.63, 3.8) is 0 Å². The summed E-state index contributed by atoms with van der Waals surface area (Å²) in [5.74, 6) is 0. The van der Waals surface area contributed by atoms with Crippen LogP contribution in [0.2, 0.25) is 0 Å². The molecule has 5 heteroatoms. The van der Waals surface area contributed by atoms with Crippen LogP contribution >= 0.6 is 15.9 Å². The number of aryl methyl sites for hydroxylation is 1. The molecule has 0 N–H and O–H groups in total. The predicted molar refractivity (Wildman–Crippen MR) is 82.1 cm³/mol. The van der Waals surface area contributed by atoms with E-state index < -0.39 is 0 Å². The lowest BCUT2D eigenvalue weighted by Gasteiger charge is -2.04. The zero-order valence-corrected chi connectivity index (χ0v) is 12.8. The summed E-state index contributed by atoms with van der Waals surface area (Å²) in [5, 5.41) is 12.4. The van der Waals surface area contributed by atoms with Crippen molar-refractivity contribution in [2.45, 2.75) is 6.92 Å². The number of benzene rings is 1. The molecule has 0 amide bonds. The van der Waals surface area contributed by atoms with Gasteiger partial charge < -0.3 is 0 Å². The molecule has 2 heterocycles. The Kier molecular flexibility index (Phi) is 3.36. The van der Waals surface area contributed by atoms with Gasteiger partial charge in [0.1, 0.15) is 0 Å². The quantitative estimate of drug-likeness (QED) is 0.721. The Morgan fingerprint density at radius 3 is 2.65 bits per heavy atom.